The molecule has 8 rings (SSSR count). The van der Waals surface area contributed by atoms with Crippen molar-refractivity contribution in [2.24, 2.45) is 18.4 Å². The number of nitrogens with zero attached hydrogens (tertiary/aromatic N) is 6. The highest BCUT2D eigenvalue weighted by atomic mass is 16.5. The van der Waals surface area contributed by atoms with Crippen LogP contribution < -0.4 is 25.6 Å². The Bertz CT molecular complexity index is 1910. The molecule has 3 N–H and O–H groups in total. The molecule has 1 atom stereocenters. The molecule has 13 heteroatoms. The van der Waals surface area contributed by atoms with E-state index in [9.17, 15) is 19.2 Å². The summed E-state index contributed by atoms with van der Waals surface area (Å²) < 4.78 is 7.42. The number of aromatic nitrogens is 2. The number of rotatable bonds is 7. The fourth-order valence-electron chi connectivity index (χ4n) is 9.24. The number of nitrogens with two attached hydrogens (primary N) is 1. The van der Waals surface area contributed by atoms with Gasteiger partial charge in [-0.3, -0.25) is 34.1 Å². The van der Waals surface area contributed by atoms with E-state index >= 15 is 0 Å². The van der Waals surface area contributed by atoms with Crippen LogP contribution in [0.5, 0.6) is 5.75 Å². The number of amides is 4. The summed E-state index contributed by atoms with van der Waals surface area (Å²) in [6.45, 7) is 7.11. The number of methoxy groups -OCH3 is 1. The van der Waals surface area contributed by atoms with Crippen molar-refractivity contribution in [3.05, 3.63) is 53.9 Å². The summed E-state index contributed by atoms with van der Waals surface area (Å²) in [6, 6.07) is 8.64. The summed E-state index contributed by atoms with van der Waals surface area (Å²) >= 11 is 0. The summed E-state index contributed by atoms with van der Waals surface area (Å²) in [5, 5.41) is 6.66. The molecule has 274 valence electrons. The molecule has 1 aromatic heterocycles. The number of aryl methyl sites for hydroxylation is 1. The molecule has 4 fully saturated rings. The van der Waals surface area contributed by atoms with E-state index in [0.717, 1.165) is 105 Å². The minimum absolute atomic E-state index is 0.107. The van der Waals surface area contributed by atoms with Gasteiger partial charge in [-0.1, -0.05) is 0 Å². The number of likely N-dealkylation sites (tertiary alicyclic amines) is 1. The maximum atomic E-state index is 13.5. The van der Waals surface area contributed by atoms with Crippen molar-refractivity contribution in [2.75, 3.05) is 68.5 Å². The lowest BCUT2D eigenvalue weighted by Crippen LogP contribution is -2.54. The van der Waals surface area contributed by atoms with Crippen LogP contribution in [0.25, 0.3) is 11.1 Å². The van der Waals surface area contributed by atoms with Gasteiger partial charge in [0.1, 0.15) is 11.8 Å². The number of hydrogen-bond donors (Lipinski definition) is 2. The molecule has 5 aliphatic heterocycles. The van der Waals surface area contributed by atoms with Gasteiger partial charge in [0.2, 0.25) is 11.8 Å². The van der Waals surface area contributed by atoms with E-state index in [-0.39, 0.29) is 24.2 Å². The Morgan fingerprint density at radius 1 is 0.904 bits per heavy atom. The van der Waals surface area contributed by atoms with Crippen molar-refractivity contribution in [3.8, 4) is 16.9 Å². The number of ether oxygens (including phenoxy) is 1. The van der Waals surface area contributed by atoms with Crippen molar-refractivity contribution in [1.82, 2.24) is 24.9 Å². The fraction of sp³-hybridized carbons (Fsp3) is 0.513. The number of nitrogen functional groups attached to an aromatic ring is 1. The largest absolute Gasteiger partial charge is 0.495 e. The maximum Gasteiger partial charge on any atom is 0.262 e. The fourth-order valence-corrected chi connectivity index (χ4v) is 9.24. The Morgan fingerprint density at radius 2 is 1.67 bits per heavy atom. The van der Waals surface area contributed by atoms with Crippen LogP contribution in [0.4, 0.5) is 17.1 Å². The van der Waals surface area contributed by atoms with Crippen molar-refractivity contribution in [3.63, 3.8) is 0 Å². The molecule has 4 saturated heterocycles. The number of nitrogens with one attached hydrogen (secondary N) is 1. The molecule has 0 bridgehead atoms. The van der Waals surface area contributed by atoms with Gasteiger partial charge in [0, 0.05) is 81.0 Å². The SMILES string of the molecule is COc1cc(N2CCC(CN3CCC4(CCCN(c5ccc6c(c5)C(=O)N(C5CCC(=O)NC5=O)C6=O)C4)CC3)CC2)c(-c2cnn(C)c2)cc1N. The Balaban J connectivity index is 0.869. The third kappa shape index (κ3) is 6.29. The van der Waals surface area contributed by atoms with Gasteiger partial charge in [0.15, 0.2) is 0 Å². The summed E-state index contributed by atoms with van der Waals surface area (Å²) in [5.41, 5.74) is 12.1. The predicted octanol–water partition coefficient (Wildman–Crippen LogP) is 3.68. The molecule has 0 radical (unpaired) electrons. The highest BCUT2D eigenvalue weighted by Gasteiger charge is 2.45. The van der Waals surface area contributed by atoms with Crippen LogP contribution in [0.1, 0.15) is 72.1 Å². The van der Waals surface area contributed by atoms with Crippen LogP contribution in [-0.4, -0.2) is 102 Å². The number of benzene rings is 2. The second-order valence-electron chi connectivity index (χ2n) is 15.4. The predicted molar refractivity (Wildman–Crippen MR) is 197 cm³/mol. The van der Waals surface area contributed by atoms with Crippen molar-refractivity contribution in [2.45, 2.75) is 57.4 Å². The topological polar surface area (TPSA) is 146 Å². The van der Waals surface area contributed by atoms with E-state index < -0.39 is 23.8 Å². The van der Waals surface area contributed by atoms with Crippen LogP contribution in [0.3, 0.4) is 0 Å². The zero-order valence-electron chi connectivity index (χ0n) is 30.1. The van der Waals surface area contributed by atoms with Gasteiger partial charge in [0.05, 0.1) is 30.1 Å². The summed E-state index contributed by atoms with van der Waals surface area (Å²) in [5.74, 6) is -0.533. The number of imide groups is 2. The maximum absolute atomic E-state index is 13.5. The van der Waals surface area contributed by atoms with Crippen molar-refractivity contribution in [1.29, 1.82) is 0 Å². The minimum atomic E-state index is -0.956. The Morgan fingerprint density at radius 3 is 2.38 bits per heavy atom. The van der Waals surface area contributed by atoms with E-state index in [4.69, 9.17) is 10.5 Å². The standard InChI is InChI=1S/C39H48N8O5/c1-43-23-26(21-41-43)29-19-31(40)34(52-2)20-33(29)45-14-8-25(9-15-45)22-44-16-11-39(12-17-44)10-3-13-46(24-39)27-4-5-28-30(18-27)38(51)47(37(28)50)32-6-7-35(48)42-36(32)49/h4-5,18-21,23,25,32H,3,6-17,22,24,40H2,1-2H3,(H,42,48,49). The van der Waals surface area contributed by atoms with E-state index in [0.29, 0.717) is 28.5 Å². The lowest BCUT2D eigenvalue weighted by atomic mass is 9.72. The van der Waals surface area contributed by atoms with Gasteiger partial charge in [-0.15, -0.1) is 0 Å². The molecule has 4 amide bonds. The first kappa shape index (κ1) is 34.2. The van der Waals surface area contributed by atoms with Crippen LogP contribution in [-0.2, 0) is 16.6 Å². The average molecular weight is 709 g/mol. The first-order valence-corrected chi connectivity index (χ1v) is 18.7. The monoisotopic (exact) mass is 708 g/mol. The molecule has 0 aliphatic carbocycles. The van der Waals surface area contributed by atoms with Gasteiger partial charge in [0.25, 0.3) is 11.8 Å². The number of carbonyl (C=O) groups is 4. The van der Waals surface area contributed by atoms with Crippen LogP contribution in [0.15, 0.2) is 42.7 Å². The average Bonchev–Trinajstić information content (AvgIpc) is 3.69. The summed E-state index contributed by atoms with van der Waals surface area (Å²) in [4.78, 5) is 59.4. The lowest BCUT2D eigenvalue weighted by Gasteiger charge is -2.49. The zero-order chi connectivity index (χ0) is 36.1. The van der Waals surface area contributed by atoms with Gasteiger partial charge in [-0.25, -0.2) is 0 Å². The normalized spacial score (nSPS) is 22.7. The molecule has 2 aromatic carbocycles. The number of anilines is 3. The van der Waals surface area contributed by atoms with Crippen molar-refractivity contribution >= 4 is 40.7 Å². The number of hydrogen-bond acceptors (Lipinski definition) is 10. The lowest BCUT2D eigenvalue weighted by molar-refractivity contribution is -0.136. The first-order chi connectivity index (χ1) is 25.1. The molecule has 1 spiro atoms. The molecule has 1 unspecified atom stereocenters. The van der Waals surface area contributed by atoms with Gasteiger partial charge >= 0.3 is 0 Å². The highest BCUT2D eigenvalue weighted by Crippen LogP contribution is 2.43. The smallest absolute Gasteiger partial charge is 0.262 e. The number of fused-ring (bicyclic) bond motifs is 1. The molecule has 13 nitrogen and oxygen atoms in total. The van der Waals surface area contributed by atoms with Crippen LogP contribution >= 0.6 is 0 Å². The molecule has 0 saturated carbocycles. The molecular formula is C39H48N8O5. The van der Waals surface area contributed by atoms with Gasteiger partial charge in [-0.2, -0.15) is 5.10 Å². The molecule has 5 aliphatic rings. The first-order valence-electron chi connectivity index (χ1n) is 18.7. The van der Waals surface area contributed by atoms with Crippen LogP contribution in [0, 0.1) is 11.3 Å². The van der Waals surface area contributed by atoms with E-state index in [2.05, 4.69) is 31.2 Å². The summed E-state index contributed by atoms with van der Waals surface area (Å²) in [6.07, 6.45) is 11.0. The Hall–Kier alpha value is -4.91. The summed E-state index contributed by atoms with van der Waals surface area (Å²) in [7, 11) is 3.59. The van der Waals surface area contributed by atoms with Crippen LogP contribution in [0.2, 0.25) is 0 Å². The van der Waals surface area contributed by atoms with E-state index in [1.165, 1.54) is 6.42 Å². The van der Waals surface area contributed by atoms with E-state index in [1.54, 1.807) is 13.2 Å². The van der Waals surface area contributed by atoms with Gasteiger partial charge in [-0.05, 0) is 93.6 Å². The molecule has 52 heavy (non-hydrogen) atoms. The highest BCUT2D eigenvalue weighted by molar-refractivity contribution is 6.23. The molecule has 6 heterocycles. The third-order valence-electron chi connectivity index (χ3n) is 12.2. The Kier molecular flexibility index (Phi) is 8.92. The number of piperidine rings is 4. The zero-order valence-corrected chi connectivity index (χ0v) is 30.1. The Labute approximate surface area is 304 Å². The second kappa shape index (κ2) is 13.6. The third-order valence-corrected chi connectivity index (χ3v) is 12.2. The quantitative estimate of drug-likeness (QED) is 0.275. The molecule has 3 aromatic rings. The minimum Gasteiger partial charge on any atom is -0.495 e. The van der Waals surface area contributed by atoms with E-state index in [1.807, 2.05) is 42.3 Å². The van der Waals surface area contributed by atoms with Gasteiger partial charge < -0.3 is 25.2 Å². The second-order valence-corrected chi connectivity index (χ2v) is 15.4. The van der Waals surface area contributed by atoms with Crippen molar-refractivity contribution < 1.29 is 23.9 Å². The molecular weight excluding hydrogens is 660 g/mol. The number of carbonyl (C=O) groups excluding carboxylic acids is 4.